The molecule has 0 saturated heterocycles. The van der Waals surface area contributed by atoms with E-state index < -0.39 is 0 Å². The van der Waals surface area contributed by atoms with Gasteiger partial charge in [0.25, 0.3) is 0 Å². The van der Waals surface area contributed by atoms with Gasteiger partial charge >= 0.3 is 11.9 Å². The van der Waals surface area contributed by atoms with Crippen LogP contribution in [0.2, 0.25) is 0 Å². The van der Waals surface area contributed by atoms with Gasteiger partial charge in [-0.25, -0.2) is 0 Å². The monoisotopic (exact) mass is 447 g/mol. The van der Waals surface area contributed by atoms with Crippen LogP contribution in [0.25, 0.3) is 11.1 Å². The molecule has 0 aromatic heterocycles. The smallest absolute Gasteiger partial charge is 0.309 e. The van der Waals surface area contributed by atoms with E-state index >= 15 is 0 Å². The molecule has 0 aliphatic carbocycles. The second kappa shape index (κ2) is 12.4. The Morgan fingerprint density at radius 3 is 2.30 bits per heavy atom. The Balaban J connectivity index is 1.68. The standard InChI is InChI=1S/C27H29NO5/c1-31-25-14-7-6-12-23(25)22-13-8-11-21(17-27(30)32-2)24(22)18-28-16-15-26(29)33-19-20-9-4-3-5-10-20/h3-14,28H,15-19H2,1-2H3. The predicted octanol–water partition coefficient (Wildman–Crippen LogP) is 4.30. The Morgan fingerprint density at radius 2 is 1.55 bits per heavy atom. The number of para-hydroxylation sites is 1. The van der Waals surface area contributed by atoms with Gasteiger partial charge in [0, 0.05) is 18.7 Å². The first-order valence-corrected chi connectivity index (χ1v) is 10.8. The van der Waals surface area contributed by atoms with E-state index in [0.29, 0.717) is 13.1 Å². The number of esters is 2. The van der Waals surface area contributed by atoms with Gasteiger partial charge in [0.05, 0.1) is 27.1 Å². The molecule has 0 aliphatic heterocycles. The van der Waals surface area contributed by atoms with Gasteiger partial charge < -0.3 is 19.5 Å². The maximum atomic E-state index is 12.1. The van der Waals surface area contributed by atoms with Gasteiger partial charge in [-0.2, -0.15) is 0 Å². The molecule has 6 heteroatoms. The highest BCUT2D eigenvalue weighted by Crippen LogP contribution is 2.33. The number of methoxy groups -OCH3 is 2. The number of carbonyl (C=O) groups is 2. The SMILES string of the molecule is COC(=O)Cc1cccc(-c2ccccc2OC)c1CNCCC(=O)OCc1ccccc1. The molecule has 33 heavy (non-hydrogen) atoms. The highest BCUT2D eigenvalue weighted by atomic mass is 16.5. The lowest BCUT2D eigenvalue weighted by molar-refractivity contribution is -0.145. The molecule has 0 spiro atoms. The van der Waals surface area contributed by atoms with Crippen LogP contribution in [-0.4, -0.2) is 32.7 Å². The van der Waals surface area contributed by atoms with Crippen molar-refractivity contribution in [1.29, 1.82) is 0 Å². The van der Waals surface area contributed by atoms with E-state index in [1.54, 1.807) is 7.11 Å². The van der Waals surface area contributed by atoms with Gasteiger partial charge in [-0.15, -0.1) is 0 Å². The Hall–Kier alpha value is -3.64. The Morgan fingerprint density at radius 1 is 0.818 bits per heavy atom. The molecule has 6 nitrogen and oxygen atoms in total. The fourth-order valence-corrected chi connectivity index (χ4v) is 3.57. The number of hydrogen-bond donors (Lipinski definition) is 1. The molecular formula is C27H29NO5. The zero-order chi connectivity index (χ0) is 23.5. The van der Waals surface area contributed by atoms with E-state index in [4.69, 9.17) is 14.2 Å². The molecule has 0 radical (unpaired) electrons. The second-order valence-corrected chi connectivity index (χ2v) is 7.47. The van der Waals surface area contributed by atoms with Crippen LogP contribution in [0, 0.1) is 0 Å². The van der Waals surface area contributed by atoms with Crippen LogP contribution >= 0.6 is 0 Å². The average molecular weight is 448 g/mol. The van der Waals surface area contributed by atoms with Crippen LogP contribution in [0.15, 0.2) is 72.8 Å². The van der Waals surface area contributed by atoms with Crippen molar-refractivity contribution in [3.05, 3.63) is 89.5 Å². The molecule has 3 aromatic rings. The Labute approximate surface area is 194 Å². The van der Waals surface area contributed by atoms with E-state index in [-0.39, 0.29) is 31.4 Å². The topological polar surface area (TPSA) is 73.9 Å². The summed E-state index contributed by atoms with van der Waals surface area (Å²) in [5, 5.41) is 3.32. The van der Waals surface area contributed by atoms with E-state index in [1.165, 1.54) is 7.11 Å². The maximum absolute atomic E-state index is 12.1. The van der Waals surface area contributed by atoms with E-state index in [1.807, 2.05) is 72.8 Å². The minimum Gasteiger partial charge on any atom is -0.496 e. The zero-order valence-corrected chi connectivity index (χ0v) is 19.0. The van der Waals surface area contributed by atoms with E-state index in [2.05, 4.69) is 5.32 Å². The van der Waals surface area contributed by atoms with Crippen molar-refractivity contribution < 1.29 is 23.8 Å². The summed E-state index contributed by atoms with van der Waals surface area (Å²) in [5.74, 6) is 0.176. The van der Waals surface area contributed by atoms with Gasteiger partial charge in [-0.3, -0.25) is 9.59 Å². The van der Waals surface area contributed by atoms with E-state index in [0.717, 1.165) is 33.6 Å². The molecule has 0 atom stereocenters. The fraction of sp³-hybridized carbons (Fsp3) is 0.259. The van der Waals surface area contributed by atoms with Crippen LogP contribution in [0.4, 0.5) is 0 Å². The van der Waals surface area contributed by atoms with Gasteiger partial charge in [0.2, 0.25) is 0 Å². The predicted molar refractivity (Wildman–Crippen MR) is 127 cm³/mol. The summed E-state index contributed by atoms with van der Waals surface area (Å²) < 4.78 is 15.8. The van der Waals surface area contributed by atoms with Crippen molar-refractivity contribution in [3.8, 4) is 16.9 Å². The van der Waals surface area contributed by atoms with Gasteiger partial charge in [0.15, 0.2) is 0 Å². The summed E-state index contributed by atoms with van der Waals surface area (Å²) in [7, 11) is 3.02. The summed E-state index contributed by atoms with van der Waals surface area (Å²) in [6.07, 6.45) is 0.408. The van der Waals surface area contributed by atoms with Gasteiger partial charge in [0.1, 0.15) is 12.4 Å². The molecule has 0 saturated carbocycles. The lowest BCUT2D eigenvalue weighted by atomic mass is 9.93. The first-order chi connectivity index (χ1) is 16.1. The van der Waals surface area contributed by atoms with Gasteiger partial charge in [-0.05, 0) is 28.3 Å². The van der Waals surface area contributed by atoms with Crippen molar-refractivity contribution in [1.82, 2.24) is 5.32 Å². The van der Waals surface area contributed by atoms with Crippen molar-refractivity contribution in [2.24, 2.45) is 0 Å². The average Bonchev–Trinajstić information content (AvgIpc) is 2.86. The lowest BCUT2D eigenvalue weighted by Crippen LogP contribution is -2.21. The van der Waals surface area contributed by atoms with Gasteiger partial charge in [-0.1, -0.05) is 66.7 Å². The molecular weight excluding hydrogens is 418 g/mol. The minimum absolute atomic E-state index is 0.162. The molecule has 0 bridgehead atoms. The van der Waals surface area contributed by atoms with Crippen molar-refractivity contribution in [3.63, 3.8) is 0 Å². The normalized spacial score (nSPS) is 10.5. The largest absolute Gasteiger partial charge is 0.496 e. The minimum atomic E-state index is -0.307. The van der Waals surface area contributed by atoms with Crippen molar-refractivity contribution >= 4 is 11.9 Å². The number of carbonyl (C=O) groups excluding carboxylic acids is 2. The fourth-order valence-electron chi connectivity index (χ4n) is 3.57. The number of rotatable bonds is 11. The summed E-state index contributed by atoms with van der Waals surface area (Å²) in [6.45, 7) is 1.19. The zero-order valence-electron chi connectivity index (χ0n) is 19.0. The van der Waals surface area contributed by atoms with Crippen LogP contribution in [-0.2, 0) is 38.6 Å². The molecule has 0 heterocycles. The lowest BCUT2D eigenvalue weighted by Gasteiger charge is -2.17. The third-order valence-corrected chi connectivity index (χ3v) is 5.28. The summed E-state index contributed by atoms with van der Waals surface area (Å²) in [5.41, 5.74) is 4.69. The molecule has 0 aliphatic rings. The third kappa shape index (κ3) is 6.92. The van der Waals surface area contributed by atoms with Crippen LogP contribution in [0.5, 0.6) is 5.75 Å². The molecule has 0 unspecified atom stereocenters. The summed E-state index contributed by atoms with van der Waals surface area (Å²) in [6, 6.07) is 23.2. The Kier molecular flexibility index (Phi) is 9.03. The first-order valence-electron chi connectivity index (χ1n) is 10.8. The van der Waals surface area contributed by atoms with Crippen molar-refractivity contribution in [2.75, 3.05) is 20.8 Å². The van der Waals surface area contributed by atoms with Crippen LogP contribution in [0.3, 0.4) is 0 Å². The maximum Gasteiger partial charge on any atom is 0.309 e. The summed E-state index contributed by atoms with van der Waals surface area (Å²) in [4.78, 5) is 24.1. The highest BCUT2D eigenvalue weighted by molar-refractivity contribution is 5.78. The van der Waals surface area contributed by atoms with Crippen LogP contribution < -0.4 is 10.1 Å². The molecule has 3 aromatic carbocycles. The third-order valence-electron chi connectivity index (χ3n) is 5.28. The number of hydrogen-bond acceptors (Lipinski definition) is 6. The number of benzene rings is 3. The number of ether oxygens (including phenoxy) is 3. The molecule has 0 fully saturated rings. The Bertz CT molecular complexity index is 1070. The van der Waals surface area contributed by atoms with Crippen molar-refractivity contribution in [2.45, 2.75) is 26.0 Å². The molecule has 0 amide bonds. The number of nitrogens with one attached hydrogen (secondary N) is 1. The molecule has 3 rings (SSSR count). The molecule has 1 N–H and O–H groups in total. The summed E-state index contributed by atoms with van der Waals surface area (Å²) >= 11 is 0. The van der Waals surface area contributed by atoms with E-state index in [9.17, 15) is 9.59 Å². The second-order valence-electron chi connectivity index (χ2n) is 7.47. The molecule has 172 valence electrons. The quantitative estimate of drug-likeness (QED) is 0.349. The van der Waals surface area contributed by atoms with Crippen LogP contribution in [0.1, 0.15) is 23.1 Å². The highest BCUT2D eigenvalue weighted by Gasteiger charge is 2.16. The first kappa shape index (κ1) is 24.0.